The molecular weight excluding hydrogens is 198 g/mol. The summed E-state index contributed by atoms with van der Waals surface area (Å²) in [7, 11) is 0. The number of halogens is 1. The third kappa shape index (κ3) is 2.35. The molecule has 1 aromatic rings. The highest BCUT2D eigenvalue weighted by molar-refractivity contribution is 6.21. The van der Waals surface area contributed by atoms with Crippen LogP contribution in [0, 0.1) is 5.92 Å². The Balaban J connectivity index is 1.76. The van der Waals surface area contributed by atoms with Crippen molar-refractivity contribution in [1.82, 2.24) is 10.2 Å². The minimum absolute atomic E-state index is 0.228. The maximum Gasteiger partial charge on any atom is 0.148 e. The molecule has 0 bridgehead atoms. The standard InChI is InChI=1S/C10H14ClN3/c11-9(8-3-1-4-8)7-12-10-5-2-6-13-14-10/h2,5-6,8-9H,1,3-4,7H2,(H,12,14). The van der Waals surface area contributed by atoms with Gasteiger partial charge in [0.05, 0.1) is 5.38 Å². The fourth-order valence-corrected chi connectivity index (χ4v) is 1.90. The van der Waals surface area contributed by atoms with Crippen LogP contribution in [-0.2, 0) is 0 Å². The molecule has 76 valence electrons. The normalized spacial score (nSPS) is 18.6. The lowest BCUT2D eigenvalue weighted by molar-refractivity contribution is 0.308. The van der Waals surface area contributed by atoms with E-state index >= 15 is 0 Å². The molecule has 1 aliphatic carbocycles. The van der Waals surface area contributed by atoms with E-state index in [0.717, 1.165) is 12.4 Å². The zero-order chi connectivity index (χ0) is 9.80. The molecule has 3 nitrogen and oxygen atoms in total. The van der Waals surface area contributed by atoms with E-state index < -0.39 is 0 Å². The van der Waals surface area contributed by atoms with Gasteiger partial charge in [-0.2, -0.15) is 5.10 Å². The number of anilines is 1. The first-order chi connectivity index (χ1) is 6.86. The van der Waals surface area contributed by atoms with Crippen LogP contribution in [0.5, 0.6) is 0 Å². The smallest absolute Gasteiger partial charge is 0.148 e. The van der Waals surface area contributed by atoms with E-state index in [1.165, 1.54) is 19.3 Å². The zero-order valence-electron chi connectivity index (χ0n) is 7.99. The van der Waals surface area contributed by atoms with Gasteiger partial charge in [-0.3, -0.25) is 0 Å². The summed E-state index contributed by atoms with van der Waals surface area (Å²) in [6, 6.07) is 3.76. The second-order valence-electron chi connectivity index (χ2n) is 3.70. The Morgan fingerprint density at radius 3 is 3.00 bits per heavy atom. The molecule has 0 amide bonds. The van der Waals surface area contributed by atoms with Gasteiger partial charge in [0.1, 0.15) is 5.82 Å². The van der Waals surface area contributed by atoms with Crippen molar-refractivity contribution in [2.45, 2.75) is 24.6 Å². The maximum atomic E-state index is 6.22. The van der Waals surface area contributed by atoms with Crippen LogP contribution in [0.15, 0.2) is 18.3 Å². The monoisotopic (exact) mass is 211 g/mol. The number of nitrogens with one attached hydrogen (secondary N) is 1. The van der Waals surface area contributed by atoms with Crippen molar-refractivity contribution in [1.29, 1.82) is 0 Å². The van der Waals surface area contributed by atoms with E-state index in [4.69, 9.17) is 11.6 Å². The Kier molecular flexibility index (Phi) is 3.19. The van der Waals surface area contributed by atoms with Crippen LogP contribution in [0.4, 0.5) is 5.82 Å². The highest BCUT2D eigenvalue weighted by atomic mass is 35.5. The lowest BCUT2D eigenvalue weighted by Crippen LogP contribution is -2.28. The minimum Gasteiger partial charge on any atom is -0.367 e. The molecule has 1 aliphatic rings. The molecule has 1 heterocycles. The Hall–Kier alpha value is -0.830. The molecule has 1 saturated carbocycles. The summed E-state index contributed by atoms with van der Waals surface area (Å²) < 4.78 is 0. The Bertz CT molecular complexity index is 274. The molecule has 1 fully saturated rings. The summed E-state index contributed by atoms with van der Waals surface area (Å²) in [6.45, 7) is 0.783. The van der Waals surface area contributed by atoms with E-state index in [1.54, 1.807) is 6.20 Å². The molecule has 1 unspecified atom stereocenters. The summed E-state index contributed by atoms with van der Waals surface area (Å²) in [5.74, 6) is 1.50. The summed E-state index contributed by atoms with van der Waals surface area (Å²) in [5.41, 5.74) is 0. The fourth-order valence-electron chi connectivity index (χ4n) is 1.57. The SMILES string of the molecule is ClC(CNc1cccnn1)C1CCC1. The van der Waals surface area contributed by atoms with Crippen molar-refractivity contribution in [3.05, 3.63) is 18.3 Å². The number of rotatable bonds is 4. The summed E-state index contributed by atoms with van der Waals surface area (Å²) in [6.07, 6.45) is 5.54. The van der Waals surface area contributed by atoms with Crippen molar-refractivity contribution >= 4 is 17.4 Å². The van der Waals surface area contributed by atoms with Gasteiger partial charge in [-0.25, -0.2) is 0 Å². The molecule has 2 rings (SSSR count). The maximum absolute atomic E-state index is 6.22. The number of hydrogen-bond donors (Lipinski definition) is 1. The molecule has 0 radical (unpaired) electrons. The Morgan fingerprint density at radius 2 is 2.43 bits per heavy atom. The van der Waals surface area contributed by atoms with Crippen molar-refractivity contribution in [3.63, 3.8) is 0 Å². The average Bonchev–Trinajstić information content (AvgIpc) is 2.14. The van der Waals surface area contributed by atoms with E-state index in [-0.39, 0.29) is 5.38 Å². The van der Waals surface area contributed by atoms with Crippen LogP contribution in [0.2, 0.25) is 0 Å². The number of alkyl halides is 1. The molecule has 0 saturated heterocycles. The largest absolute Gasteiger partial charge is 0.367 e. The minimum atomic E-state index is 0.228. The van der Waals surface area contributed by atoms with Crippen molar-refractivity contribution in [3.8, 4) is 0 Å². The quantitative estimate of drug-likeness (QED) is 0.777. The predicted molar refractivity (Wildman–Crippen MR) is 57.5 cm³/mol. The first-order valence-electron chi connectivity index (χ1n) is 5.02. The number of hydrogen-bond acceptors (Lipinski definition) is 3. The van der Waals surface area contributed by atoms with Crippen molar-refractivity contribution in [2.75, 3.05) is 11.9 Å². The van der Waals surface area contributed by atoms with E-state index in [0.29, 0.717) is 5.92 Å². The average molecular weight is 212 g/mol. The van der Waals surface area contributed by atoms with Crippen LogP contribution in [0.25, 0.3) is 0 Å². The van der Waals surface area contributed by atoms with E-state index in [2.05, 4.69) is 15.5 Å². The van der Waals surface area contributed by atoms with Gasteiger partial charge in [-0.15, -0.1) is 16.7 Å². The molecule has 1 aromatic heterocycles. The zero-order valence-corrected chi connectivity index (χ0v) is 8.74. The second kappa shape index (κ2) is 4.60. The molecule has 0 aromatic carbocycles. The van der Waals surface area contributed by atoms with Gasteiger partial charge in [-0.05, 0) is 30.9 Å². The number of aromatic nitrogens is 2. The topological polar surface area (TPSA) is 37.8 Å². The molecule has 4 heteroatoms. The Morgan fingerprint density at radius 1 is 1.57 bits per heavy atom. The van der Waals surface area contributed by atoms with Crippen LogP contribution in [0.1, 0.15) is 19.3 Å². The van der Waals surface area contributed by atoms with Gasteiger partial charge in [0.15, 0.2) is 0 Å². The third-order valence-corrected chi connectivity index (χ3v) is 3.22. The second-order valence-corrected chi connectivity index (χ2v) is 4.26. The van der Waals surface area contributed by atoms with Crippen LogP contribution in [0.3, 0.4) is 0 Å². The summed E-state index contributed by atoms with van der Waals surface area (Å²) >= 11 is 6.22. The lowest BCUT2D eigenvalue weighted by atomic mass is 9.83. The van der Waals surface area contributed by atoms with Crippen molar-refractivity contribution in [2.24, 2.45) is 5.92 Å². The van der Waals surface area contributed by atoms with Gasteiger partial charge < -0.3 is 5.32 Å². The molecule has 1 N–H and O–H groups in total. The predicted octanol–water partition coefficient (Wildman–Crippen LogP) is 2.30. The highest BCUT2D eigenvalue weighted by Gasteiger charge is 2.25. The van der Waals surface area contributed by atoms with Gasteiger partial charge >= 0.3 is 0 Å². The molecule has 14 heavy (non-hydrogen) atoms. The first kappa shape index (κ1) is 9.71. The van der Waals surface area contributed by atoms with E-state index in [9.17, 15) is 0 Å². The van der Waals surface area contributed by atoms with Crippen LogP contribution >= 0.6 is 11.6 Å². The number of nitrogens with zero attached hydrogens (tertiary/aromatic N) is 2. The molecule has 0 spiro atoms. The van der Waals surface area contributed by atoms with Gasteiger partial charge in [0.25, 0.3) is 0 Å². The van der Waals surface area contributed by atoms with E-state index in [1.807, 2.05) is 12.1 Å². The van der Waals surface area contributed by atoms with Crippen LogP contribution in [-0.4, -0.2) is 22.1 Å². The first-order valence-corrected chi connectivity index (χ1v) is 5.45. The highest BCUT2D eigenvalue weighted by Crippen LogP contribution is 2.32. The van der Waals surface area contributed by atoms with Crippen molar-refractivity contribution < 1.29 is 0 Å². The molecular formula is C10H14ClN3. The summed E-state index contributed by atoms with van der Waals surface area (Å²) in [5, 5.41) is 11.1. The summed E-state index contributed by atoms with van der Waals surface area (Å²) in [4.78, 5) is 0. The van der Waals surface area contributed by atoms with Gasteiger partial charge in [-0.1, -0.05) is 6.42 Å². The molecule has 0 aliphatic heterocycles. The Labute approximate surface area is 88.9 Å². The van der Waals surface area contributed by atoms with Crippen LogP contribution < -0.4 is 5.32 Å². The van der Waals surface area contributed by atoms with Gasteiger partial charge in [0, 0.05) is 12.7 Å². The fraction of sp³-hybridized carbons (Fsp3) is 0.600. The molecule has 1 atom stereocenters. The lowest BCUT2D eigenvalue weighted by Gasteiger charge is -2.29. The third-order valence-electron chi connectivity index (χ3n) is 2.71. The van der Waals surface area contributed by atoms with Gasteiger partial charge in [0.2, 0.25) is 0 Å².